The number of hydrogen-bond donors (Lipinski definition) is 2. The summed E-state index contributed by atoms with van der Waals surface area (Å²) in [5.41, 5.74) is 6.28. The summed E-state index contributed by atoms with van der Waals surface area (Å²) in [5.74, 6) is 0.798. The summed E-state index contributed by atoms with van der Waals surface area (Å²) >= 11 is 3.43. The van der Waals surface area contributed by atoms with Crippen LogP contribution in [0.4, 0.5) is 11.5 Å². The van der Waals surface area contributed by atoms with E-state index in [4.69, 9.17) is 5.73 Å². The Morgan fingerprint density at radius 2 is 2.41 bits per heavy atom. The lowest BCUT2D eigenvalue weighted by Gasteiger charge is -2.16. The molecule has 0 radical (unpaired) electrons. The van der Waals surface area contributed by atoms with Gasteiger partial charge in [-0.25, -0.2) is 9.97 Å². The maximum atomic E-state index is 5.64. The molecule has 3 N–H and O–H groups in total. The van der Waals surface area contributed by atoms with E-state index in [1.165, 1.54) is 0 Å². The zero-order valence-corrected chi connectivity index (χ0v) is 11.1. The Morgan fingerprint density at radius 3 is 3.06 bits per heavy atom. The Bertz CT molecular complexity index is 483. The van der Waals surface area contributed by atoms with E-state index in [1.54, 1.807) is 18.7 Å². The first kappa shape index (κ1) is 11.9. The number of pyridine rings is 1. The van der Waals surface area contributed by atoms with Crippen molar-refractivity contribution >= 4 is 27.4 Å². The van der Waals surface area contributed by atoms with Gasteiger partial charge in [0.25, 0.3) is 0 Å². The van der Waals surface area contributed by atoms with Crippen LogP contribution in [0.15, 0.2) is 35.5 Å². The van der Waals surface area contributed by atoms with Gasteiger partial charge in [-0.3, -0.25) is 0 Å². The minimum absolute atomic E-state index is 0.247. The van der Waals surface area contributed by atoms with Crippen LogP contribution in [-0.4, -0.2) is 20.6 Å². The number of halogens is 1. The first-order valence-corrected chi connectivity index (χ1v) is 6.08. The van der Waals surface area contributed by atoms with E-state index in [-0.39, 0.29) is 6.04 Å². The summed E-state index contributed by atoms with van der Waals surface area (Å²) in [6, 6.07) is 2.08. The van der Waals surface area contributed by atoms with Crippen molar-refractivity contribution in [2.45, 2.75) is 19.5 Å². The van der Waals surface area contributed by atoms with Crippen molar-refractivity contribution in [3.05, 3.63) is 35.5 Å². The highest BCUT2D eigenvalue weighted by molar-refractivity contribution is 9.10. The van der Waals surface area contributed by atoms with Crippen LogP contribution in [0, 0.1) is 0 Å². The van der Waals surface area contributed by atoms with Crippen molar-refractivity contribution < 1.29 is 0 Å². The predicted octanol–water partition coefficient (Wildman–Crippen LogP) is 2.12. The standard InChI is InChI=1S/C11H14BrN5/c1-8(6-17-3-2-14-7-17)16-11-10(12)4-9(13)5-15-11/h2-5,7-8H,6,13H2,1H3,(H,15,16). The molecule has 2 heterocycles. The topological polar surface area (TPSA) is 68.8 Å². The second-order valence-electron chi connectivity index (χ2n) is 3.90. The number of imidazole rings is 1. The van der Waals surface area contributed by atoms with E-state index in [0.717, 1.165) is 16.8 Å². The van der Waals surface area contributed by atoms with E-state index in [0.29, 0.717) is 5.69 Å². The largest absolute Gasteiger partial charge is 0.397 e. The molecule has 0 amide bonds. The van der Waals surface area contributed by atoms with E-state index < -0.39 is 0 Å². The summed E-state index contributed by atoms with van der Waals surface area (Å²) in [5, 5.41) is 3.31. The van der Waals surface area contributed by atoms with Gasteiger partial charge in [0.2, 0.25) is 0 Å². The molecule has 90 valence electrons. The fraction of sp³-hybridized carbons (Fsp3) is 0.273. The molecule has 2 aromatic heterocycles. The first-order chi connectivity index (χ1) is 8.15. The Kier molecular flexibility index (Phi) is 3.63. The van der Waals surface area contributed by atoms with Crippen LogP contribution in [0.2, 0.25) is 0 Å². The summed E-state index contributed by atoms with van der Waals surface area (Å²) in [4.78, 5) is 8.24. The monoisotopic (exact) mass is 295 g/mol. The zero-order valence-electron chi connectivity index (χ0n) is 9.47. The maximum absolute atomic E-state index is 5.64. The minimum atomic E-state index is 0.247. The van der Waals surface area contributed by atoms with Crippen LogP contribution in [0.3, 0.4) is 0 Å². The van der Waals surface area contributed by atoms with Crippen LogP contribution in [0.5, 0.6) is 0 Å². The van der Waals surface area contributed by atoms with Gasteiger partial charge in [-0.15, -0.1) is 0 Å². The normalized spacial score (nSPS) is 12.4. The maximum Gasteiger partial charge on any atom is 0.140 e. The highest BCUT2D eigenvalue weighted by Gasteiger charge is 2.07. The van der Waals surface area contributed by atoms with Gasteiger partial charge in [0, 0.05) is 25.0 Å². The molecule has 2 rings (SSSR count). The van der Waals surface area contributed by atoms with Crippen LogP contribution in [-0.2, 0) is 6.54 Å². The van der Waals surface area contributed by atoms with Gasteiger partial charge in [0.15, 0.2) is 0 Å². The van der Waals surface area contributed by atoms with E-state index in [1.807, 2.05) is 16.8 Å². The molecular weight excluding hydrogens is 282 g/mol. The molecule has 0 saturated carbocycles. The lowest BCUT2D eigenvalue weighted by Crippen LogP contribution is -2.22. The zero-order chi connectivity index (χ0) is 12.3. The number of anilines is 2. The van der Waals surface area contributed by atoms with Crippen molar-refractivity contribution in [1.29, 1.82) is 0 Å². The van der Waals surface area contributed by atoms with Crippen LogP contribution >= 0.6 is 15.9 Å². The summed E-state index contributed by atoms with van der Waals surface area (Å²) in [6.45, 7) is 2.92. The Labute approximate surface area is 108 Å². The third-order valence-electron chi connectivity index (χ3n) is 2.29. The van der Waals surface area contributed by atoms with Crippen LogP contribution in [0.1, 0.15) is 6.92 Å². The van der Waals surface area contributed by atoms with Gasteiger partial charge >= 0.3 is 0 Å². The molecule has 0 aliphatic heterocycles. The molecular formula is C11H14BrN5. The molecule has 5 nitrogen and oxygen atoms in total. The number of nitrogens with two attached hydrogens (primary N) is 1. The van der Waals surface area contributed by atoms with Crippen molar-refractivity contribution in [3.63, 3.8) is 0 Å². The van der Waals surface area contributed by atoms with Gasteiger partial charge in [-0.2, -0.15) is 0 Å². The molecule has 0 aliphatic rings. The molecule has 0 spiro atoms. The lowest BCUT2D eigenvalue weighted by atomic mass is 10.3. The number of nitrogen functional groups attached to an aromatic ring is 1. The molecule has 0 bridgehead atoms. The second kappa shape index (κ2) is 5.18. The Hall–Kier alpha value is -1.56. The van der Waals surface area contributed by atoms with Gasteiger partial charge in [-0.05, 0) is 28.9 Å². The molecule has 6 heteroatoms. The first-order valence-electron chi connectivity index (χ1n) is 5.28. The Balaban J connectivity index is 2.00. The van der Waals surface area contributed by atoms with Crippen molar-refractivity contribution in [2.75, 3.05) is 11.1 Å². The fourth-order valence-electron chi connectivity index (χ4n) is 1.55. The van der Waals surface area contributed by atoms with Crippen molar-refractivity contribution in [2.24, 2.45) is 0 Å². The lowest BCUT2D eigenvalue weighted by molar-refractivity contribution is 0.617. The van der Waals surface area contributed by atoms with E-state index >= 15 is 0 Å². The van der Waals surface area contributed by atoms with Crippen LogP contribution < -0.4 is 11.1 Å². The molecule has 0 aromatic carbocycles. The second-order valence-corrected chi connectivity index (χ2v) is 4.76. The number of nitrogens with zero attached hydrogens (tertiary/aromatic N) is 3. The SMILES string of the molecule is CC(Cn1ccnc1)Nc1ncc(N)cc1Br. The van der Waals surface area contributed by atoms with Gasteiger partial charge < -0.3 is 15.6 Å². The van der Waals surface area contributed by atoms with Crippen molar-refractivity contribution in [1.82, 2.24) is 14.5 Å². The molecule has 0 fully saturated rings. The number of rotatable bonds is 4. The Morgan fingerprint density at radius 1 is 1.59 bits per heavy atom. The fourth-order valence-corrected chi connectivity index (χ4v) is 2.03. The van der Waals surface area contributed by atoms with Gasteiger partial charge in [0.05, 0.1) is 22.7 Å². The van der Waals surface area contributed by atoms with Gasteiger partial charge in [0.1, 0.15) is 5.82 Å². The average molecular weight is 296 g/mol. The summed E-state index contributed by atoms with van der Waals surface area (Å²) < 4.78 is 2.89. The smallest absolute Gasteiger partial charge is 0.140 e. The predicted molar refractivity (Wildman–Crippen MR) is 71.7 cm³/mol. The van der Waals surface area contributed by atoms with Crippen molar-refractivity contribution in [3.8, 4) is 0 Å². The summed E-state index contributed by atoms with van der Waals surface area (Å²) in [7, 11) is 0. The highest BCUT2D eigenvalue weighted by atomic mass is 79.9. The number of nitrogens with one attached hydrogen (secondary N) is 1. The molecule has 17 heavy (non-hydrogen) atoms. The summed E-state index contributed by atoms with van der Waals surface area (Å²) in [6.07, 6.45) is 7.13. The minimum Gasteiger partial charge on any atom is -0.397 e. The molecule has 0 aliphatic carbocycles. The number of aromatic nitrogens is 3. The average Bonchev–Trinajstić information content (AvgIpc) is 2.75. The van der Waals surface area contributed by atoms with Crippen LogP contribution in [0.25, 0.3) is 0 Å². The molecule has 1 unspecified atom stereocenters. The molecule has 1 atom stereocenters. The van der Waals surface area contributed by atoms with Gasteiger partial charge in [-0.1, -0.05) is 0 Å². The van der Waals surface area contributed by atoms with E-state index in [9.17, 15) is 0 Å². The quantitative estimate of drug-likeness (QED) is 0.907. The third kappa shape index (κ3) is 3.20. The highest BCUT2D eigenvalue weighted by Crippen LogP contribution is 2.22. The number of hydrogen-bond acceptors (Lipinski definition) is 4. The molecule has 2 aromatic rings. The molecule has 0 saturated heterocycles. The van der Waals surface area contributed by atoms with E-state index in [2.05, 4.69) is 38.1 Å². The third-order valence-corrected chi connectivity index (χ3v) is 2.89.